The number of alkyl carbamates (subject to hydrolysis) is 1. The number of nitrogens with zero attached hydrogens (tertiary/aromatic N) is 1. The number of aromatic nitrogens is 1. The fourth-order valence-electron chi connectivity index (χ4n) is 1.13. The molecule has 1 rings (SSSR count). The van der Waals surface area contributed by atoms with Crippen molar-refractivity contribution in [2.45, 2.75) is 26.4 Å². The van der Waals surface area contributed by atoms with Crippen LogP contribution in [0.2, 0.25) is 0 Å². The summed E-state index contributed by atoms with van der Waals surface area (Å²) in [4.78, 5) is 15.3. The Kier molecular flexibility index (Phi) is 4.71. The number of hydrogen-bond acceptors (Lipinski definition) is 4. The molecule has 1 aromatic rings. The Morgan fingerprint density at radius 2 is 2.22 bits per heavy atom. The minimum absolute atomic E-state index is 0.124. The Bertz CT molecular complexity index is 419. The van der Waals surface area contributed by atoms with E-state index < -0.39 is 11.7 Å². The molecule has 0 aromatic carbocycles. The third-order valence-corrected chi connectivity index (χ3v) is 1.82. The van der Waals surface area contributed by atoms with Crippen LogP contribution in [0.1, 0.15) is 26.5 Å². The van der Waals surface area contributed by atoms with Crippen LogP contribution in [0.15, 0.2) is 24.4 Å². The van der Waals surface area contributed by atoms with Crippen molar-refractivity contribution in [3.05, 3.63) is 30.1 Å². The SMILES string of the molecule is CC(C)(C)OC(=O)NCC=Cc1ccc(O)cn1. The molecule has 1 aromatic heterocycles. The predicted molar refractivity (Wildman–Crippen MR) is 69.2 cm³/mol. The van der Waals surface area contributed by atoms with Crippen LogP contribution in [0.25, 0.3) is 6.08 Å². The van der Waals surface area contributed by atoms with E-state index in [9.17, 15) is 4.79 Å². The van der Waals surface area contributed by atoms with E-state index in [4.69, 9.17) is 9.84 Å². The number of aromatic hydroxyl groups is 1. The van der Waals surface area contributed by atoms with Crippen molar-refractivity contribution in [2.24, 2.45) is 0 Å². The van der Waals surface area contributed by atoms with Crippen molar-refractivity contribution in [1.29, 1.82) is 0 Å². The Hall–Kier alpha value is -2.04. The van der Waals surface area contributed by atoms with Crippen LogP contribution in [0.5, 0.6) is 5.75 Å². The number of nitrogens with one attached hydrogen (secondary N) is 1. The van der Waals surface area contributed by atoms with Gasteiger partial charge in [0.05, 0.1) is 11.9 Å². The summed E-state index contributed by atoms with van der Waals surface area (Å²) in [7, 11) is 0. The Morgan fingerprint density at radius 3 is 2.78 bits per heavy atom. The van der Waals surface area contributed by atoms with Gasteiger partial charge in [0, 0.05) is 6.54 Å². The highest BCUT2D eigenvalue weighted by Crippen LogP contribution is 2.07. The Labute approximate surface area is 107 Å². The van der Waals surface area contributed by atoms with Crippen LogP contribution in [-0.4, -0.2) is 28.3 Å². The zero-order valence-electron chi connectivity index (χ0n) is 10.8. The number of carbonyl (C=O) groups is 1. The number of ether oxygens (including phenoxy) is 1. The van der Waals surface area contributed by atoms with Crippen molar-refractivity contribution in [3.63, 3.8) is 0 Å². The summed E-state index contributed by atoms with van der Waals surface area (Å²) >= 11 is 0. The molecule has 98 valence electrons. The molecule has 0 atom stereocenters. The molecule has 5 heteroatoms. The molecule has 1 amide bonds. The number of pyridine rings is 1. The standard InChI is InChI=1S/C13H18N2O3/c1-13(2,3)18-12(17)14-8-4-5-10-6-7-11(16)9-15-10/h4-7,9,16H,8H2,1-3H3,(H,14,17). The van der Waals surface area contributed by atoms with Crippen molar-refractivity contribution >= 4 is 12.2 Å². The van der Waals surface area contributed by atoms with Gasteiger partial charge in [0.1, 0.15) is 11.4 Å². The van der Waals surface area contributed by atoms with Gasteiger partial charge < -0.3 is 15.2 Å². The minimum atomic E-state index is -0.494. The molecular formula is C13H18N2O3. The van der Waals surface area contributed by atoms with Crippen molar-refractivity contribution in [3.8, 4) is 5.75 Å². The summed E-state index contributed by atoms with van der Waals surface area (Å²) in [5.74, 6) is 0.124. The van der Waals surface area contributed by atoms with Gasteiger partial charge in [-0.1, -0.05) is 6.08 Å². The third kappa shape index (κ3) is 5.89. The lowest BCUT2D eigenvalue weighted by Crippen LogP contribution is -2.32. The molecule has 0 radical (unpaired) electrons. The summed E-state index contributed by atoms with van der Waals surface area (Å²) in [6, 6.07) is 3.23. The quantitative estimate of drug-likeness (QED) is 0.863. The summed E-state index contributed by atoms with van der Waals surface area (Å²) in [5, 5.41) is 11.6. The third-order valence-electron chi connectivity index (χ3n) is 1.82. The summed E-state index contributed by atoms with van der Waals surface area (Å²) in [6.45, 7) is 5.78. The topological polar surface area (TPSA) is 71.5 Å². The molecule has 0 unspecified atom stereocenters. The highest BCUT2D eigenvalue weighted by atomic mass is 16.6. The van der Waals surface area contributed by atoms with Gasteiger partial charge in [0.15, 0.2) is 0 Å². The molecule has 18 heavy (non-hydrogen) atoms. The molecule has 0 saturated heterocycles. The minimum Gasteiger partial charge on any atom is -0.506 e. The lowest BCUT2D eigenvalue weighted by Gasteiger charge is -2.19. The first-order chi connectivity index (χ1) is 8.37. The second-order valence-electron chi connectivity index (χ2n) is 4.73. The van der Waals surface area contributed by atoms with Gasteiger partial charge in [-0.05, 0) is 39.0 Å². The van der Waals surface area contributed by atoms with Gasteiger partial charge in [-0.15, -0.1) is 0 Å². The number of amides is 1. The summed E-state index contributed by atoms with van der Waals surface area (Å²) in [5.41, 5.74) is 0.213. The van der Waals surface area contributed by atoms with Gasteiger partial charge in [-0.3, -0.25) is 4.98 Å². The van der Waals surface area contributed by atoms with E-state index in [2.05, 4.69) is 10.3 Å². The second kappa shape index (κ2) is 6.05. The molecule has 0 saturated carbocycles. The van der Waals surface area contributed by atoms with Crippen LogP contribution < -0.4 is 5.32 Å². The van der Waals surface area contributed by atoms with Crippen LogP contribution >= 0.6 is 0 Å². The van der Waals surface area contributed by atoms with E-state index in [0.29, 0.717) is 12.2 Å². The first kappa shape index (κ1) is 14.0. The Morgan fingerprint density at radius 1 is 1.50 bits per heavy atom. The lowest BCUT2D eigenvalue weighted by atomic mass is 10.2. The van der Waals surface area contributed by atoms with Crippen LogP contribution in [0.3, 0.4) is 0 Å². The van der Waals surface area contributed by atoms with E-state index in [0.717, 1.165) is 0 Å². The average Bonchev–Trinajstić information content (AvgIpc) is 2.24. The first-order valence-electron chi connectivity index (χ1n) is 5.65. The summed E-state index contributed by atoms with van der Waals surface area (Å²) < 4.78 is 5.07. The fraction of sp³-hybridized carbons (Fsp3) is 0.385. The second-order valence-corrected chi connectivity index (χ2v) is 4.73. The van der Waals surface area contributed by atoms with Crippen molar-refractivity contribution < 1.29 is 14.6 Å². The maximum atomic E-state index is 11.3. The van der Waals surface area contributed by atoms with E-state index in [-0.39, 0.29) is 5.75 Å². The zero-order chi connectivity index (χ0) is 13.6. The Balaban J connectivity index is 2.33. The molecule has 0 aliphatic heterocycles. The van der Waals surface area contributed by atoms with E-state index in [1.54, 1.807) is 24.3 Å². The fourth-order valence-corrected chi connectivity index (χ4v) is 1.13. The molecule has 1 heterocycles. The van der Waals surface area contributed by atoms with Crippen molar-refractivity contribution in [2.75, 3.05) is 6.54 Å². The average molecular weight is 250 g/mol. The first-order valence-corrected chi connectivity index (χ1v) is 5.65. The van der Waals surface area contributed by atoms with Gasteiger partial charge in [0.2, 0.25) is 0 Å². The molecule has 0 bridgehead atoms. The molecule has 0 spiro atoms. The highest BCUT2D eigenvalue weighted by molar-refractivity contribution is 5.68. The van der Waals surface area contributed by atoms with Crippen LogP contribution in [0, 0.1) is 0 Å². The molecule has 0 fully saturated rings. The predicted octanol–water partition coefficient (Wildman–Crippen LogP) is 2.33. The largest absolute Gasteiger partial charge is 0.506 e. The van der Waals surface area contributed by atoms with Gasteiger partial charge in [-0.25, -0.2) is 4.79 Å². The van der Waals surface area contributed by atoms with Crippen molar-refractivity contribution in [1.82, 2.24) is 10.3 Å². The van der Waals surface area contributed by atoms with Gasteiger partial charge in [0.25, 0.3) is 0 Å². The molecule has 5 nitrogen and oxygen atoms in total. The molecule has 0 aliphatic rings. The van der Waals surface area contributed by atoms with E-state index in [1.807, 2.05) is 20.8 Å². The summed E-state index contributed by atoms with van der Waals surface area (Å²) in [6.07, 6.45) is 4.41. The van der Waals surface area contributed by atoms with Gasteiger partial charge in [-0.2, -0.15) is 0 Å². The maximum Gasteiger partial charge on any atom is 0.407 e. The molecule has 2 N–H and O–H groups in total. The smallest absolute Gasteiger partial charge is 0.407 e. The van der Waals surface area contributed by atoms with Gasteiger partial charge >= 0.3 is 6.09 Å². The molecular weight excluding hydrogens is 232 g/mol. The zero-order valence-corrected chi connectivity index (χ0v) is 10.8. The number of carbonyl (C=O) groups excluding carboxylic acids is 1. The van der Waals surface area contributed by atoms with E-state index >= 15 is 0 Å². The lowest BCUT2D eigenvalue weighted by molar-refractivity contribution is 0.0534. The van der Waals surface area contributed by atoms with Crippen LogP contribution in [0.4, 0.5) is 4.79 Å². The normalized spacial score (nSPS) is 11.5. The highest BCUT2D eigenvalue weighted by Gasteiger charge is 2.14. The van der Waals surface area contributed by atoms with Crippen LogP contribution in [-0.2, 0) is 4.74 Å². The maximum absolute atomic E-state index is 11.3. The van der Waals surface area contributed by atoms with E-state index in [1.165, 1.54) is 6.20 Å². The monoisotopic (exact) mass is 250 g/mol. The number of rotatable bonds is 3. The number of hydrogen-bond donors (Lipinski definition) is 2. The molecule has 0 aliphatic carbocycles.